The first-order chi connectivity index (χ1) is 11.1. The topological polar surface area (TPSA) is 61.4 Å². The van der Waals surface area contributed by atoms with Gasteiger partial charge in [-0.25, -0.2) is 4.79 Å². The van der Waals surface area contributed by atoms with Crippen LogP contribution in [0.2, 0.25) is 0 Å². The Labute approximate surface area is 135 Å². The first-order valence-electron chi connectivity index (χ1n) is 8.04. The number of esters is 1. The predicted molar refractivity (Wildman–Crippen MR) is 84.9 cm³/mol. The molecular weight excluding hydrogens is 294 g/mol. The number of ketones is 1. The molecule has 1 unspecified atom stereocenters. The van der Waals surface area contributed by atoms with Gasteiger partial charge in [0, 0.05) is 30.1 Å². The first-order valence-corrected chi connectivity index (χ1v) is 8.04. The summed E-state index contributed by atoms with van der Waals surface area (Å²) in [5, 5.41) is 0. The summed E-state index contributed by atoms with van der Waals surface area (Å²) >= 11 is 0. The highest BCUT2D eigenvalue weighted by Crippen LogP contribution is 2.37. The van der Waals surface area contributed by atoms with Gasteiger partial charge in [-0.3, -0.25) is 4.79 Å². The van der Waals surface area contributed by atoms with Crippen molar-refractivity contribution in [3.05, 3.63) is 46.7 Å². The fourth-order valence-electron chi connectivity index (χ4n) is 3.56. The molecule has 2 aromatic heterocycles. The number of furan rings is 1. The Balaban J connectivity index is 2.08. The smallest absolute Gasteiger partial charge is 0.355 e. The van der Waals surface area contributed by atoms with E-state index in [-0.39, 0.29) is 17.7 Å². The van der Waals surface area contributed by atoms with Crippen LogP contribution in [0.3, 0.4) is 0 Å². The summed E-state index contributed by atoms with van der Waals surface area (Å²) in [7, 11) is 0. The highest BCUT2D eigenvalue weighted by atomic mass is 16.5. The normalized spacial score (nSPS) is 17.2. The molecule has 1 atom stereocenters. The highest BCUT2D eigenvalue weighted by molar-refractivity contribution is 6.04. The Morgan fingerprint density at radius 2 is 2.17 bits per heavy atom. The molecule has 0 saturated carbocycles. The maximum atomic E-state index is 12.7. The summed E-state index contributed by atoms with van der Waals surface area (Å²) in [6.45, 7) is 6.54. The van der Waals surface area contributed by atoms with Crippen LogP contribution < -0.4 is 0 Å². The average Bonchev–Trinajstić information content (AvgIpc) is 3.13. The van der Waals surface area contributed by atoms with Gasteiger partial charge >= 0.3 is 5.97 Å². The molecule has 0 amide bonds. The third kappa shape index (κ3) is 2.50. The third-order valence-electron chi connectivity index (χ3n) is 4.50. The number of carbonyl (C=O) groups excluding carboxylic acids is 2. The van der Waals surface area contributed by atoms with Gasteiger partial charge in [0.05, 0.1) is 12.9 Å². The SMILES string of the molecule is CCOC(=O)c1c(C)c2c(n1CC)CC(c1ccco1)CC2=O. The molecule has 0 spiro atoms. The largest absolute Gasteiger partial charge is 0.469 e. The van der Waals surface area contributed by atoms with Gasteiger partial charge in [-0.05, 0) is 44.9 Å². The van der Waals surface area contributed by atoms with Crippen LogP contribution in [-0.2, 0) is 17.7 Å². The zero-order chi connectivity index (χ0) is 16.6. The molecule has 0 saturated heterocycles. The summed E-state index contributed by atoms with van der Waals surface area (Å²) in [6, 6.07) is 3.74. The summed E-state index contributed by atoms with van der Waals surface area (Å²) in [5.74, 6) is 0.564. The fourth-order valence-corrected chi connectivity index (χ4v) is 3.56. The van der Waals surface area contributed by atoms with Crippen LogP contribution in [0, 0.1) is 6.92 Å². The van der Waals surface area contributed by atoms with Crippen molar-refractivity contribution in [1.82, 2.24) is 4.57 Å². The standard InChI is InChI=1S/C18H21NO4/c1-4-19-13-9-12(15-7-6-8-23-15)10-14(20)16(13)11(3)17(19)18(21)22-5-2/h6-8,12H,4-5,9-10H2,1-3H3. The van der Waals surface area contributed by atoms with E-state index in [0.717, 1.165) is 17.0 Å². The molecule has 23 heavy (non-hydrogen) atoms. The number of Topliss-reactive ketones (excluding diaryl/α,β-unsaturated/α-hetero) is 1. The summed E-state index contributed by atoms with van der Waals surface area (Å²) in [4.78, 5) is 25.0. The lowest BCUT2D eigenvalue weighted by atomic mass is 9.84. The fraction of sp³-hybridized carbons (Fsp3) is 0.444. The minimum atomic E-state index is -0.358. The number of rotatable bonds is 4. The second-order valence-electron chi connectivity index (χ2n) is 5.80. The first kappa shape index (κ1) is 15.6. The lowest BCUT2D eigenvalue weighted by Gasteiger charge is -2.22. The van der Waals surface area contributed by atoms with Crippen LogP contribution in [0.25, 0.3) is 0 Å². The Morgan fingerprint density at radius 1 is 1.39 bits per heavy atom. The molecule has 0 aromatic carbocycles. The van der Waals surface area contributed by atoms with Crippen molar-refractivity contribution in [2.24, 2.45) is 0 Å². The highest BCUT2D eigenvalue weighted by Gasteiger charge is 2.35. The number of carbonyl (C=O) groups is 2. The third-order valence-corrected chi connectivity index (χ3v) is 4.50. The molecule has 122 valence electrons. The van der Waals surface area contributed by atoms with Gasteiger partial charge in [-0.1, -0.05) is 0 Å². The van der Waals surface area contributed by atoms with Crippen molar-refractivity contribution in [3.8, 4) is 0 Å². The Hall–Kier alpha value is -2.30. The number of hydrogen-bond donors (Lipinski definition) is 0. The van der Waals surface area contributed by atoms with Crippen molar-refractivity contribution in [2.75, 3.05) is 6.61 Å². The molecule has 0 N–H and O–H groups in total. The zero-order valence-electron chi connectivity index (χ0n) is 13.7. The van der Waals surface area contributed by atoms with E-state index in [1.54, 1.807) is 13.2 Å². The Bertz CT molecular complexity index is 740. The molecule has 2 aromatic rings. The number of nitrogens with zero attached hydrogens (tertiary/aromatic N) is 1. The number of fused-ring (bicyclic) bond motifs is 1. The van der Waals surface area contributed by atoms with E-state index in [1.165, 1.54) is 0 Å². The molecule has 5 nitrogen and oxygen atoms in total. The van der Waals surface area contributed by atoms with Crippen LogP contribution in [0.15, 0.2) is 22.8 Å². The number of ether oxygens (including phenoxy) is 1. The molecular formula is C18H21NO4. The molecule has 5 heteroatoms. The Morgan fingerprint density at radius 3 is 2.78 bits per heavy atom. The maximum Gasteiger partial charge on any atom is 0.355 e. The Kier molecular flexibility index (Phi) is 4.11. The average molecular weight is 315 g/mol. The quantitative estimate of drug-likeness (QED) is 0.810. The molecule has 0 aliphatic heterocycles. The van der Waals surface area contributed by atoms with Gasteiger partial charge in [-0.15, -0.1) is 0 Å². The maximum absolute atomic E-state index is 12.7. The van der Waals surface area contributed by atoms with E-state index < -0.39 is 0 Å². The van der Waals surface area contributed by atoms with Crippen LogP contribution in [0.1, 0.15) is 64.1 Å². The van der Waals surface area contributed by atoms with Gasteiger partial charge in [0.25, 0.3) is 0 Å². The molecule has 2 heterocycles. The van der Waals surface area contributed by atoms with Crippen LogP contribution in [0.5, 0.6) is 0 Å². The van der Waals surface area contributed by atoms with Crippen molar-refractivity contribution in [2.45, 2.75) is 46.1 Å². The van der Waals surface area contributed by atoms with E-state index in [2.05, 4.69) is 0 Å². The summed E-state index contributed by atoms with van der Waals surface area (Å²) < 4.78 is 12.6. The van der Waals surface area contributed by atoms with E-state index in [0.29, 0.717) is 37.3 Å². The molecule has 0 fully saturated rings. The molecule has 0 bridgehead atoms. The second-order valence-corrected chi connectivity index (χ2v) is 5.80. The van der Waals surface area contributed by atoms with Crippen LogP contribution in [-0.4, -0.2) is 22.9 Å². The van der Waals surface area contributed by atoms with Crippen LogP contribution >= 0.6 is 0 Å². The van der Waals surface area contributed by atoms with Gasteiger partial charge in [0.15, 0.2) is 5.78 Å². The lowest BCUT2D eigenvalue weighted by molar-refractivity contribution is 0.0512. The van der Waals surface area contributed by atoms with Crippen molar-refractivity contribution >= 4 is 11.8 Å². The molecule has 3 rings (SSSR count). The molecule has 1 aliphatic carbocycles. The van der Waals surface area contributed by atoms with Gasteiger partial charge in [0.1, 0.15) is 11.5 Å². The summed E-state index contributed by atoms with van der Waals surface area (Å²) in [6.07, 6.45) is 2.74. The zero-order valence-corrected chi connectivity index (χ0v) is 13.7. The van der Waals surface area contributed by atoms with Gasteiger partial charge < -0.3 is 13.7 Å². The van der Waals surface area contributed by atoms with E-state index >= 15 is 0 Å². The minimum absolute atomic E-state index is 0.0274. The molecule has 1 aliphatic rings. The van der Waals surface area contributed by atoms with E-state index in [4.69, 9.17) is 9.15 Å². The van der Waals surface area contributed by atoms with Crippen molar-refractivity contribution < 1.29 is 18.7 Å². The number of hydrogen-bond acceptors (Lipinski definition) is 4. The van der Waals surface area contributed by atoms with Crippen molar-refractivity contribution in [1.29, 1.82) is 0 Å². The van der Waals surface area contributed by atoms with Gasteiger partial charge in [0.2, 0.25) is 0 Å². The van der Waals surface area contributed by atoms with Gasteiger partial charge in [-0.2, -0.15) is 0 Å². The minimum Gasteiger partial charge on any atom is -0.469 e. The second kappa shape index (κ2) is 6.07. The monoisotopic (exact) mass is 315 g/mol. The summed E-state index contributed by atoms with van der Waals surface area (Å²) in [5.41, 5.74) is 2.86. The number of aromatic nitrogens is 1. The lowest BCUT2D eigenvalue weighted by Crippen LogP contribution is -2.21. The predicted octanol–water partition coefficient (Wildman–Crippen LogP) is 3.50. The molecule has 0 radical (unpaired) electrons. The van der Waals surface area contributed by atoms with Crippen LogP contribution in [0.4, 0.5) is 0 Å². The van der Waals surface area contributed by atoms with E-state index in [1.807, 2.05) is 30.5 Å². The van der Waals surface area contributed by atoms with E-state index in [9.17, 15) is 9.59 Å². The van der Waals surface area contributed by atoms with Crippen molar-refractivity contribution in [3.63, 3.8) is 0 Å².